The van der Waals surface area contributed by atoms with Crippen LogP contribution in [0.5, 0.6) is 0 Å². The summed E-state index contributed by atoms with van der Waals surface area (Å²) in [7, 11) is 0. The van der Waals surface area contributed by atoms with Gasteiger partial charge in [-0.15, -0.1) is 0 Å². The smallest absolute Gasteiger partial charge is 0.220 e. The fourth-order valence-electron chi connectivity index (χ4n) is 0.990. The summed E-state index contributed by atoms with van der Waals surface area (Å²) < 4.78 is 4.95. The molecule has 0 aliphatic carbocycles. The van der Waals surface area contributed by atoms with Crippen molar-refractivity contribution in [2.75, 3.05) is 13.2 Å². The average molecular weight is 159 g/mol. The predicted octanol–water partition coefficient (Wildman–Crippen LogP) is -0.728. The molecule has 11 heavy (non-hydrogen) atoms. The third kappa shape index (κ3) is 2.17. The molecule has 0 aromatic heterocycles. The van der Waals surface area contributed by atoms with Crippen molar-refractivity contribution in [3.05, 3.63) is 0 Å². The average Bonchev–Trinajstić information content (AvgIpc) is 2.37. The van der Waals surface area contributed by atoms with Crippen LogP contribution in [-0.2, 0) is 9.53 Å². The first-order valence-corrected chi connectivity index (χ1v) is 3.79. The zero-order valence-corrected chi connectivity index (χ0v) is 6.54. The number of rotatable bonds is 2. The highest BCUT2D eigenvalue weighted by atomic mass is 16.5. The van der Waals surface area contributed by atoms with Crippen molar-refractivity contribution >= 4 is 5.91 Å². The molecule has 0 spiro atoms. The Balaban J connectivity index is 2.30. The standard InChI is InChI=1S/C7H13NO3/c1-2-7(10)8-5-3-11-4-6(5)9/h5-6,9H,2-4H2,1H3,(H,8,10). The highest BCUT2D eigenvalue weighted by Gasteiger charge is 2.26. The van der Waals surface area contributed by atoms with Gasteiger partial charge in [-0.05, 0) is 0 Å². The van der Waals surface area contributed by atoms with Gasteiger partial charge in [-0.25, -0.2) is 0 Å². The molecule has 1 saturated heterocycles. The Morgan fingerprint density at radius 2 is 2.45 bits per heavy atom. The number of nitrogens with one attached hydrogen (secondary N) is 1. The molecule has 1 heterocycles. The second-order valence-corrected chi connectivity index (χ2v) is 2.63. The summed E-state index contributed by atoms with van der Waals surface area (Å²) in [6.07, 6.45) is -0.0889. The van der Waals surface area contributed by atoms with Gasteiger partial charge in [0.15, 0.2) is 0 Å². The highest BCUT2D eigenvalue weighted by Crippen LogP contribution is 2.04. The zero-order chi connectivity index (χ0) is 8.27. The first-order valence-electron chi connectivity index (χ1n) is 3.79. The van der Waals surface area contributed by atoms with Crippen LogP contribution in [0.2, 0.25) is 0 Å². The SMILES string of the molecule is CCC(=O)NC1COCC1O. The Hall–Kier alpha value is -0.610. The van der Waals surface area contributed by atoms with Crippen molar-refractivity contribution < 1.29 is 14.6 Å². The molecule has 1 fully saturated rings. The molecule has 0 aromatic carbocycles. The lowest BCUT2D eigenvalue weighted by molar-refractivity contribution is -0.122. The Bertz CT molecular complexity index is 149. The number of carbonyl (C=O) groups is 1. The predicted molar refractivity (Wildman–Crippen MR) is 39.0 cm³/mol. The van der Waals surface area contributed by atoms with E-state index < -0.39 is 6.10 Å². The molecule has 2 atom stereocenters. The van der Waals surface area contributed by atoms with Gasteiger partial charge in [0.25, 0.3) is 0 Å². The van der Waals surface area contributed by atoms with Crippen LogP contribution in [-0.4, -0.2) is 36.4 Å². The number of carbonyl (C=O) groups excluding carboxylic acids is 1. The molecule has 0 bridgehead atoms. The van der Waals surface area contributed by atoms with E-state index in [1.807, 2.05) is 0 Å². The van der Waals surface area contributed by atoms with Gasteiger partial charge in [0.1, 0.15) is 0 Å². The fraction of sp³-hybridized carbons (Fsp3) is 0.857. The summed E-state index contributed by atoms with van der Waals surface area (Å²) >= 11 is 0. The minimum atomic E-state index is -0.537. The molecule has 1 amide bonds. The molecule has 0 aromatic rings. The topological polar surface area (TPSA) is 58.6 Å². The van der Waals surface area contributed by atoms with Crippen molar-refractivity contribution in [2.45, 2.75) is 25.5 Å². The zero-order valence-electron chi connectivity index (χ0n) is 6.54. The number of aliphatic hydroxyl groups is 1. The van der Waals surface area contributed by atoms with Crippen LogP contribution >= 0.6 is 0 Å². The first-order chi connectivity index (χ1) is 5.24. The second kappa shape index (κ2) is 3.69. The van der Waals surface area contributed by atoms with E-state index >= 15 is 0 Å². The van der Waals surface area contributed by atoms with Crippen molar-refractivity contribution in [1.29, 1.82) is 0 Å². The highest BCUT2D eigenvalue weighted by molar-refractivity contribution is 5.75. The van der Waals surface area contributed by atoms with Crippen LogP contribution in [0.4, 0.5) is 0 Å². The fourth-order valence-corrected chi connectivity index (χ4v) is 0.990. The maximum Gasteiger partial charge on any atom is 0.220 e. The van der Waals surface area contributed by atoms with Crippen molar-refractivity contribution in [2.24, 2.45) is 0 Å². The van der Waals surface area contributed by atoms with E-state index in [4.69, 9.17) is 4.74 Å². The van der Waals surface area contributed by atoms with Crippen LogP contribution in [0, 0.1) is 0 Å². The lowest BCUT2D eigenvalue weighted by atomic mass is 10.2. The minimum absolute atomic E-state index is 0.0421. The Kier molecular flexibility index (Phi) is 2.84. The van der Waals surface area contributed by atoms with E-state index in [2.05, 4.69) is 5.32 Å². The molecule has 1 rings (SSSR count). The van der Waals surface area contributed by atoms with Crippen LogP contribution in [0.3, 0.4) is 0 Å². The molecule has 1 aliphatic heterocycles. The van der Waals surface area contributed by atoms with Gasteiger partial charge < -0.3 is 15.2 Å². The van der Waals surface area contributed by atoms with E-state index in [0.717, 1.165) is 0 Å². The van der Waals surface area contributed by atoms with Crippen molar-refractivity contribution in [1.82, 2.24) is 5.32 Å². The molecule has 0 saturated carbocycles. The number of hydrogen-bond donors (Lipinski definition) is 2. The molecule has 64 valence electrons. The van der Waals surface area contributed by atoms with Gasteiger partial charge in [0.05, 0.1) is 25.4 Å². The van der Waals surface area contributed by atoms with Crippen molar-refractivity contribution in [3.63, 3.8) is 0 Å². The lowest BCUT2D eigenvalue weighted by Crippen LogP contribution is -2.42. The molecule has 2 N–H and O–H groups in total. The summed E-state index contributed by atoms with van der Waals surface area (Å²) in [6.45, 7) is 2.53. The summed E-state index contributed by atoms with van der Waals surface area (Å²) in [6, 6.07) is -0.206. The molecule has 0 radical (unpaired) electrons. The molecule has 4 nitrogen and oxygen atoms in total. The monoisotopic (exact) mass is 159 g/mol. The largest absolute Gasteiger partial charge is 0.388 e. The lowest BCUT2D eigenvalue weighted by Gasteiger charge is -2.13. The van der Waals surface area contributed by atoms with E-state index in [0.29, 0.717) is 19.6 Å². The maximum absolute atomic E-state index is 10.8. The van der Waals surface area contributed by atoms with Gasteiger partial charge in [0.2, 0.25) is 5.91 Å². The van der Waals surface area contributed by atoms with Crippen LogP contribution in [0.25, 0.3) is 0 Å². The van der Waals surface area contributed by atoms with Crippen molar-refractivity contribution in [3.8, 4) is 0 Å². The van der Waals surface area contributed by atoms with E-state index in [9.17, 15) is 9.90 Å². The third-order valence-corrected chi connectivity index (χ3v) is 1.72. The van der Waals surface area contributed by atoms with Crippen LogP contribution < -0.4 is 5.32 Å². The Morgan fingerprint density at radius 1 is 1.73 bits per heavy atom. The number of ether oxygens (including phenoxy) is 1. The van der Waals surface area contributed by atoms with Crippen LogP contribution in [0.1, 0.15) is 13.3 Å². The summed E-state index contributed by atoms with van der Waals surface area (Å²) in [5.74, 6) is -0.0421. The van der Waals surface area contributed by atoms with Gasteiger partial charge >= 0.3 is 0 Å². The number of amides is 1. The molecular weight excluding hydrogens is 146 g/mol. The summed E-state index contributed by atoms with van der Waals surface area (Å²) in [5.41, 5.74) is 0. The summed E-state index contributed by atoms with van der Waals surface area (Å²) in [5, 5.41) is 11.9. The molecule has 4 heteroatoms. The van der Waals surface area contributed by atoms with E-state index in [1.165, 1.54) is 0 Å². The molecule has 2 unspecified atom stereocenters. The third-order valence-electron chi connectivity index (χ3n) is 1.72. The van der Waals surface area contributed by atoms with Gasteiger partial charge in [-0.1, -0.05) is 6.92 Å². The maximum atomic E-state index is 10.8. The number of hydrogen-bond acceptors (Lipinski definition) is 3. The molecule has 1 aliphatic rings. The quantitative estimate of drug-likeness (QED) is 0.558. The summed E-state index contributed by atoms with van der Waals surface area (Å²) in [4.78, 5) is 10.8. The van der Waals surface area contributed by atoms with Gasteiger partial charge in [0, 0.05) is 6.42 Å². The van der Waals surface area contributed by atoms with Gasteiger partial charge in [-0.2, -0.15) is 0 Å². The minimum Gasteiger partial charge on any atom is -0.388 e. The van der Waals surface area contributed by atoms with Crippen LogP contribution in [0.15, 0.2) is 0 Å². The van der Waals surface area contributed by atoms with E-state index in [-0.39, 0.29) is 11.9 Å². The van der Waals surface area contributed by atoms with E-state index in [1.54, 1.807) is 6.92 Å². The first kappa shape index (κ1) is 8.49. The van der Waals surface area contributed by atoms with Gasteiger partial charge in [-0.3, -0.25) is 4.79 Å². The Labute approximate surface area is 65.5 Å². The Morgan fingerprint density at radius 3 is 2.91 bits per heavy atom. The second-order valence-electron chi connectivity index (χ2n) is 2.63. The normalized spacial score (nSPS) is 30.4. The number of aliphatic hydroxyl groups excluding tert-OH is 1. The molecular formula is C7H13NO3.